The van der Waals surface area contributed by atoms with Crippen LogP contribution in [-0.4, -0.2) is 11.3 Å². The van der Waals surface area contributed by atoms with Gasteiger partial charge >= 0.3 is 0 Å². The Morgan fingerprint density at radius 1 is 0.889 bits per heavy atom. The van der Waals surface area contributed by atoms with E-state index in [9.17, 15) is 5.11 Å². The highest BCUT2D eigenvalue weighted by atomic mass is 35.5. The number of phenols is 1. The van der Waals surface area contributed by atoms with Crippen LogP contribution in [0.2, 0.25) is 15.1 Å². The summed E-state index contributed by atoms with van der Waals surface area (Å²) in [5.74, 6) is 0.108. The Morgan fingerprint density at radius 2 is 1.56 bits per heavy atom. The minimum absolute atomic E-state index is 0.108. The Bertz CT molecular complexity index is 591. The second-order valence-corrected chi connectivity index (χ2v) is 4.90. The molecule has 0 aromatic heterocycles. The monoisotopic (exact) mass is 299 g/mol. The van der Waals surface area contributed by atoms with Crippen molar-refractivity contribution < 1.29 is 5.11 Å². The number of aliphatic imine (C=N–C) groups is 1. The zero-order valence-corrected chi connectivity index (χ0v) is 11.3. The summed E-state index contributed by atoms with van der Waals surface area (Å²) in [6, 6.07) is 9.70. The molecule has 0 saturated carbocycles. The first kappa shape index (κ1) is 13.2. The summed E-state index contributed by atoms with van der Waals surface area (Å²) in [5.41, 5.74) is 1.13. The number of hydrogen-bond acceptors (Lipinski definition) is 2. The van der Waals surface area contributed by atoms with Gasteiger partial charge in [0.1, 0.15) is 5.75 Å². The van der Waals surface area contributed by atoms with Gasteiger partial charge in [-0.2, -0.15) is 0 Å². The largest absolute Gasteiger partial charge is 0.507 e. The van der Waals surface area contributed by atoms with Crippen molar-refractivity contribution in [3.8, 4) is 5.75 Å². The molecule has 2 rings (SSSR count). The first-order valence-electron chi connectivity index (χ1n) is 5.03. The van der Waals surface area contributed by atoms with Crippen molar-refractivity contribution in [3.05, 3.63) is 57.0 Å². The van der Waals surface area contributed by atoms with Crippen LogP contribution in [0, 0.1) is 0 Å². The summed E-state index contributed by atoms with van der Waals surface area (Å²) in [5, 5.41) is 11.2. The standard InChI is InChI=1S/C13H8Cl3NO/c14-9-1-2-13(18)8(3-9)7-17-12-5-10(15)4-11(16)6-12/h1-7,18H. The van der Waals surface area contributed by atoms with Crippen LogP contribution in [0.4, 0.5) is 5.69 Å². The summed E-state index contributed by atoms with van der Waals surface area (Å²) < 4.78 is 0. The SMILES string of the molecule is Oc1ccc(Cl)cc1C=Nc1cc(Cl)cc(Cl)c1. The number of nitrogens with zero attached hydrogens (tertiary/aromatic N) is 1. The fourth-order valence-electron chi connectivity index (χ4n) is 1.39. The maximum atomic E-state index is 9.62. The lowest BCUT2D eigenvalue weighted by molar-refractivity contribution is 0.474. The minimum atomic E-state index is 0.108. The van der Waals surface area contributed by atoms with Gasteiger partial charge in [0, 0.05) is 26.8 Å². The predicted molar refractivity (Wildman–Crippen MR) is 76.8 cm³/mol. The molecule has 0 saturated heterocycles. The molecule has 0 aliphatic rings. The molecule has 0 radical (unpaired) electrons. The summed E-state index contributed by atoms with van der Waals surface area (Å²) in [6.45, 7) is 0. The van der Waals surface area contributed by atoms with Gasteiger partial charge in [0.05, 0.1) is 5.69 Å². The highest BCUT2D eigenvalue weighted by Gasteiger charge is 2.00. The smallest absolute Gasteiger partial charge is 0.124 e. The molecule has 92 valence electrons. The molecule has 0 fully saturated rings. The summed E-state index contributed by atoms with van der Waals surface area (Å²) >= 11 is 17.6. The van der Waals surface area contributed by atoms with E-state index in [-0.39, 0.29) is 5.75 Å². The Labute approximate surface area is 119 Å². The number of hydrogen-bond donors (Lipinski definition) is 1. The molecule has 0 heterocycles. The third-order valence-corrected chi connectivity index (χ3v) is 2.86. The Kier molecular flexibility index (Phi) is 4.12. The lowest BCUT2D eigenvalue weighted by Crippen LogP contribution is -1.82. The van der Waals surface area contributed by atoms with E-state index in [1.54, 1.807) is 30.3 Å². The lowest BCUT2D eigenvalue weighted by Gasteiger charge is -2.00. The molecule has 2 nitrogen and oxygen atoms in total. The van der Waals surface area contributed by atoms with Crippen molar-refractivity contribution in [2.24, 2.45) is 4.99 Å². The van der Waals surface area contributed by atoms with Crippen molar-refractivity contribution in [2.75, 3.05) is 0 Å². The normalized spacial score (nSPS) is 11.1. The quantitative estimate of drug-likeness (QED) is 0.769. The van der Waals surface area contributed by atoms with Gasteiger partial charge in [-0.15, -0.1) is 0 Å². The fraction of sp³-hybridized carbons (Fsp3) is 0. The van der Waals surface area contributed by atoms with Gasteiger partial charge in [-0.1, -0.05) is 34.8 Å². The topological polar surface area (TPSA) is 32.6 Å². The highest BCUT2D eigenvalue weighted by molar-refractivity contribution is 6.35. The molecule has 2 aromatic carbocycles. The van der Waals surface area contributed by atoms with E-state index in [2.05, 4.69) is 4.99 Å². The Balaban J connectivity index is 2.32. The van der Waals surface area contributed by atoms with Gasteiger partial charge in [-0.05, 0) is 36.4 Å². The molecule has 0 amide bonds. The fourth-order valence-corrected chi connectivity index (χ4v) is 2.08. The molecule has 0 aliphatic carbocycles. The summed E-state index contributed by atoms with van der Waals surface area (Å²) in [6.07, 6.45) is 1.50. The van der Waals surface area contributed by atoms with Crippen molar-refractivity contribution in [1.29, 1.82) is 0 Å². The number of aromatic hydroxyl groups is 1. The molecule has 5 heteroatoms. The van der Waals surface area contributed by atoms with Crippen LogP contribution < -0.4 is 0 Å². The predicted octanol–water partition coefficient (Wildman–Crippen LogP) is 5.10. The van der Waals surface area contributed by atoms with Gasteiger partial charge in [0.2, 0.25) is 0 Å². The number of halogens is 3. The van der Waals surface area contributed by atoms with Crippen molar-refractivity contribution >= 4 is 46.7 Å². The molecule has 18 heavy (non-hydrogen) atoms. The first-order chi connectivity index (χ1) is 8.54. The van der Waals surface area contributed by atoms with Gasteiger partial charge in [-0.3, -0.25) is 4.99 Å². The number of rotatable bonds is 2. The zero-order chi connectivity index (χ0) is 13.1. The maximum absolute atomic E-state index is 9.62. The van der Waals surface area contributed by atoms with E-state index >= 15 is 0 Å². The average Bonchev–Trinajstić information content (AvgIpc) is 2.29. The number of phenolic OH excluding ortho intramolecular Hbond substituents is 1. The third kappa shape index (κ3) is 3.39. The van der Waals surface area contributed by atoms with Gasteiger partial charge in [0.15, 0.2) is 0 Å². The average molecular weight is 301 g/mol. The van der Waals surface area contributed by atoms with Crippen LogP contribution in [-0.2, 0) is 0 Å². The van der Waals surface area contributed by atoms with Crippen LogP contribution in [0.5, 0.6) is 5.75 Å². The second-order valence-electron chi connectivity index (χ2n) is 3.59. The molecule has 2 aromatic rings. The van der Waals surface area contributed by atoms with E-state index in [1.165, 1.54) is 12.3 Å². The Hall–Kier alpha value is -1.22. The van der Waals surface area contributed by atoms with Crippen LogP contribution in [0.1, 0.15) is 5.56 Å². The zero-order valence-electron chi connectivity index (χ0n) is 9.07. The number of benzene rings is 2. The van der Waals surface area contributed by atoms with Crippen LogP contribution in [0.15, 0.2) is 41.4 Å². The van der Waals surface area contributed by atoms with Gasteiger partial charge < -0.3 is 5.11 Å². The molecule has 0 spiro atoms. The molecule has 1 N–H and O–H groups in total. The van der Waals surface area contributed by atoms with Gasteiger partial charge in [0.25, 0.3) is 0 Å². The molecular weight excluding hydrogens is 293 g/mol. The van der Waals surface area contributed by atoms with Crippen molar-refractivity contribution in [3.63, 3.8) is 0 Å². The second kappa shape index (κ2) is 5.61. The molecular formula is C13H8Cl3NO. The maximum Gasteiger partial charge on any atom is 0.124 e. The molecule has 0 bridgehead atoms. The van der Waals surface area contributed by atoms with E-state index < -0.39 is 0 Å². The van der Waals surface area contributed by atoms with E-state index in [4.69, 9.17) is 34.8 Å². The van der Waals surface area contributed by atoms with E-state index in [0.29, 0.717) is 26.3 Å². The summed E-state index contributed by atoms with van der Waals surface area (Å²) in [7, 11) is 0. The molecule has 0 unspecified atom stereocenters. The van der Waals surface area contributed by atoms with Crippen molar-refractivity contribution in [1.82, 2.24) is 0 Å². The first-order valence-corrected chi connectivity index (χ1v) is 6.17. The molecule has 0 atom stereocenters. The van der Waals surface area contributed by atoms with Crippen LogP contribution in [0.3, 0.4) is 0 Å². The van der Waals surface area contributed by atoms with Gasteiger partial charge in [-0.25, -0.2) is 0 Å². The van der Waals surface area contributed by atoms with Crippen molar-refractivity contribution in [2.45, 2.75) is 0 Å². The summed E-state index contributed by atoms with van der Waals surface area (Å²) in [4.78, 5) is 4.19. The third-order valence-electron chi connectivity index (χ3n) is 2.19. The highest BCUT2D eigenvalue weighted by Crippen LogP contribution is 2.25. The van der Waals surface area contributed by atoms with Crippen LogP contribution >= 0.6 is 34.8 Å². The lowest BCUT2D eigenvalue weighted by atomic mass is 10.2. The van der Waals surface area contributed by atoms with E-state index in [0.717, 1.165) is 0 Å². The van der Waals surface area contributed by atoms with Crippen LogP contribution in [0.25, 0.3) is 0 Å². The van der Waals surface area contributed by atoms with E-state index in [1.807, 2.05) is 0 Å². The molecule has 0 aliphatic heterocycles. The minimum Gasteiger partial charge on any atom is -0.507 e. The Morgan fingerprint density at radius 3 is 2.22 bits per heavy atom.